The molecule has 0 aliphatic carbocycles. The van der Waals surface area contributed by atoms with Crippen molar-refractivity contribution < 1.29 is 0 Å². The van der Waals surface area contributed by atoms with Gasteiger partial charge < -0.3 is 15.5 Å². The first kappa shape index (κ1) is 18.7. The third-order valence-electron chi connectivity index (χ3n) is 5.05. The smallest absolute Gasteiger partial charge is 0.171 e. The Bertz CT molecular complexity index is 716. The van der Waals surface area contributed by atoms with Crippen molar-refractivity contribution in [2.75, 3.05) is 23.3 Å². The summed E-state index contributed by atoms with van der Waals surface area (Å²) in [5, 5.41) is 7.31. The maximum Gasteiger partial charge on any atom is 0.171 e. The van der Waals surface area contributed by atoms with Gasteiger partial charge in [-0.1, -0.05) is 38.1 Å². The predicted molar refractivity (Wildman–Crippen MR) is 116 cm³/mol. The van der Waals surface area contributed by atoms with Crippen LogP contribution in [0.15, 0.2) is 48.5 Å². The number of hydrogen-bond donors (Lipinski definition) is 2. The van der Waals surface area contributed by atoms with Crippen molar-refractivity contribution in [3.8, 4) is 0 Å². The fraction of sp³-hybridized carbons (Fsp3) is 0.409. The van der Waals surface area contributed by atoms with E-state index >= 15 is 0 Å². The molecule has 1 saturated heterocycles. The zero-order valence-electron chi connectivity index (χ0n) is 16.0. The van der Waals surface area contributed by atoms with Crippen molar-refractivity contribution in [2.24, 2.45) is 0 Å². The summed E-state index contributed by atoms with van der Waals surface area (Å²) in [6, 6.07) is 17.5. The summed E-state index contributed by atoms with van der Waals surface area (Å²) in [4.78, 5) is 2.45. The molecule has 0 spiro atoms. The lowest BCUT2D eigenvalue weighted by atomic mass is 10.0. The SMILES string of the molecule is CC(C)c1ccc(NC(=S)NC(C)c2ccc(N3CCCC3)cc2)cc1. The quantitative estimate of drug-likeness (QED) is 0.687. The Hall–Kier alpha value is -2.07. The summed E-state index contributed by atoms with van der Waals surface area (Å²) in [7, 11) is 0. The maximum atomic E-state index is 5.48. The molecule has 26 heavy (non-hydrogen) atoms. The average Bonchev–Trinajstić information content (AvgIpc) is 3.17. The average molecular weight is 368 g/mol. The second-order valence-corrected chi connectivity index (χ2v) is 7.79. The van der Waals surface area contributed by atoms with E-state index < -0.39 is 0 Å². The minimum atomic E-state index is 0.164. The van der Waals surface area contributed by atoms with E-state index in [9.17, 15) is 0 Å². The second-order valence-electron chi connectivity index (χ2n) is 7.38. The van der Waals surface area contributed by atoms with Gasteiger partial charge >= 0.3 is 0 Å². The van der Waals surface area contributed by atoms with Crippen LogP contribution in [0.1, 0.15) is 56.7 Å². The minimum absolute atomic E-state index is 0.164. The molecule has 4 heteroatoms. The van der Waals surface area contributed by atoms with Crippen LogP contribution in [0.2, 0.25) is 0 Å². The molecule has 2 aromatic rings. The van der Waals surface area contributed by atoms with Crippen LogP contribution in [0, 0.1) is 0 Å². The monoisotopic (exact) mass is 367 g/mol. The molecular weight excluding hydrogens is 338 g/mol. The Morgan fingerprint density at radius 1 is 0.885 bits per heavy atom. The van der Waals surface area contributed by atoms with Crippen LogP contribution in [-0.4, -0.2) is 18.2 Å². The highest BCUT2D eigenvalue weighted by atomic mass is 32.1. The third-order valence-corrected chi connectivity index (χ3v) is 5.27. The summed E-state index contributed by atoms with van der Waals surface area (Å²) in [5.41, 5.74) is 4.92. The van der Waals surface area contributed by atoms with E-state index in [4.69, 9.17) is 12.2 Å². The lowest BCUT2D eigenvalue weighted by Gasteiger charge is -2.20. The molecule has 0 bridgehead atoms. The first-order valence-electron chi connectivity index (χ1n) is 9.55. The molecule has 2 N–H and O–H groups in total. The molecule has 1 aliphatic rings. The number of thiocarbonyl (C=S) groups is 1. The molecule has 0 radical (unpaired) electrons. The van der Waals surface area contributed by atoms with E-state index in [0.717, 1.165) is 5.69 Å². The largest absolute Gasteiger partial charge is 0.372 e. The molecular formula is C22H29N3S. The lowest BCUT2D eigenvalue weighted by Crippen LogP contribution is -2.30. The molecule has 0 aromatic heterocycles. The summed E-state index contributed by atoms with van der Waals surface area (Å²) in [6.07, 6.45) is 2.61. The molecule has 1 atom stereocenters. The number of rotatable bonds is 5. The Labute approximate surface area is 162 Å². The van der Waals surface area contributed by atoms with Crippen LogP contribution >= 0.6 is 12.2 Å². The van der Waals surface area contributed by atoms with Gasteiger partial charge in [0, 0.05) is 24.5 Å². The molecule has 1 heterocycles. The summed E-state index contributed by atoms with van der Waals surface area (Å²) >= 11 is 5.48. The van der Waals surface area contributed by atoms with Crippen LogP contribution in [0.3, 0.4) is 0 Å². The molecule has 138 valence electrons. The molecule has 1 aliphatic heterocycles. The number of anilines is 2. The van der Waals surface area contributed by atoms with Crippen molar-refractivity contribution in [1.82, 2.24) is 5.32 Å². The number of nitrogens with one attached hydrogen (secondary N) is 2. The highest BCUT2D eigenvalue weighted by Crippen LogP contribution is 2.23. The van der Waals surface area contributed by atoms with Crippen molar-refractivity contribution in [1.29, 1.82) is 0 Å². The van der Waals surface area contributed by atoms with Gasteiger partial charge in [0.25, 0.3) is 0 Å². The van der Waals surface area contributed by atoms with Gasteiger partial charge in [-0.2, -0.15) is 0 Å². The van der Waals surface area contributed by atoms with Crippen LogP contribution in [0.25, 0.3) is 0 Å². The van der Waals surface area contributed by atoms with Gasteiger partial charge in [-0.3, -0.25) is 0 Å². The third kappa shape index (κ3) is 4.76. The minimum Gasteiger partial charge on any atom is -0.372 e. The van der Waals surface area contributed by atoms with E-state index in [1.807, 2.05) is 0 Å². The summed E-state index contributed by atoms with van der Waals surface area (Å²) in [6.45, 7) is 8.89. The second kappa shape index (κ2) is 8.54. The molecule has 0 amide bonds. The van der Waals surface area contributed by atoms with Crippen molar-refractivity contribution in [2.45, 2.75) is 45.6 Å². The van der Waals surface area contributed by atoms with Crippen molar-refractivity contribution >= 4 is 28.7 Å². The number of nitrogens with zero attached hydrogens (tertiary/aromatic N) is 1. The van der Waals surface area contributed by atoms with Crippen LogP contribution < -0.4 is 15.5 Å². The molecule has 1 unspecified atom stereocenters. The maximum absolute atomic E-state index is 5.48. The number of hydrogen-bond acceptors (Lipinski definition) is 2. The normalized spacial score (nSPS) is 15.2. The van der Waals surface area contributed by atoms with E-state index in [1.54, 1.807) is 0 Å². The van der Waals surface area contributed by atoms with Crippen LogP contribution in [0.5, 0.6) is 0 Å². The molecule has 0 saturated carbocycles. The van der Waals surface area contributed by atoms with Crippen LogP contribution in [-0.2, 0) is 0 Å². The Morgan fingerprint density at radius 2 is 1.46 bits per heavy atom. The van der Waals surface area contributed by atoms with Crippen molar-refractivity contribution in [3.05, 3.63) is 59.7 Å². The van der Waals surface area contributed by atoms with Gasteiger partial charge in [-0.05, 0) is 73.3 Å². The van der Waals surface area contributed by atoms with E-state index in [2.05, 4.69) is 84.8 Å². The molecule has 3 nitrogen and oxygen atoms in total. The van der Waals surface area contributed by atoms with Gasteiger partial charge in [0.15, 0.2) is 5.11 Å². The highest BCUT2D eigenvalue weighted by Gasteiger charge is 2.13. The standard InChI is InChI=1S/C22H29N3S/c1-16(2)18-6-10-20(11-7-18)24-22(26)23-17(3)19-8-12-21(13-9-19)25-14-4-5-15-25/h6-13,16-17H,4-5,14-15H2,1-3H3,(H2,23,24,26). The first-order chi connectivity index (χ1) is 12.5. The fourth-order valence-corrected chi connectivity index (χ4v) is 3.64. The van der Waals surface area contributed by atoms with Gasteiger partial charge in [0.2, 0.25) is 0 Å². The van der Waals surface area contributed by atoms with Crippen molar-refractivity contribution in [3.63, 3.8) is 0 Å². The molecule has 1 fully saturated rings. The Morgan fingerprint density at radius 3 is 2.04 bits per heavy atom. The Kier molecular flexibility index (Phi) is 6.15. The Balaban J connectivity index is 1.54. The van der Waals surface area contributed by atoms with Gasteiger partial charge in [0.1, 0.15) is 0 Å². The number of benzene rings is 2. The van der Waals surface area contributed by atoms with E-state index in [1.165, 1.54) is 42.7 Å². The lowest BCUT2D eigenvalue weighted by molar-refractivity contribution is 0.722. The van der Waals surface area contributed by atoms with Crippen LogP contribution in [0.4, 0.5) is 11.4 Å². The highest BCUT2D eigenvalue weighted by molar-refractivity contribution is 7.80. The zero-order valence-corrected chi connectivity index (χ0v) is 16.8. The van der Waals surface area contributed by atoms with Gasteiger partial charge in [-0.15, -0.1) is 0 Å². The van der Waals surface area contributed by atoms with Gasteiger partial charge in [0.05, 0.1) is 6.04 Å². The first-order valence-corrected chi connectivity index (χ1v) is 9.96. The summed E-state index contributed by atoms with van der Waals surface area (Å²) < 4.78 is 0. The van der Waals surface area contributed by atoms with E-state index in [0.29, 0.717) is 11.0 Å². The summed E-state index contributed by atoms with van der Waals surface area (Å²) in [5.74, 6) is 0.540. The van der Waals surface area contributed by atoms with E-state index in [-0.39, 0.29) is 6.04 Å². The predicted octanol–water partition coefficient (Wildman–Crippen LogP) is 5.46. The fourth-order valence-electron chi connectivity index (χ4n) is 3.35. The molecule has 2 aromatic carbocycles. The molecule has 3 rings (SSSR count). The topological polar surface area (TPSA) is 27.3 Å². The zero-order chi connectivity index (χ0) is 18.5. The van der Waals surface area contributed by atoms with Gasteiger partial charge in [-0.25, -0.2) is 0 Å².